The molecule has 0 amide bonds. The number of terminal acetylenes is 1. The number of aryl methyl sites for hydroxylation is 1. The normalized spacial score (nSPS) is 11.8. The zero-order chi connectivity index (χ0) is 14.5. The van der Waals surface area contributed by atoms with E-state index in [1.807, 2.05) is 0 Å². The van der Waals surface area contributed by atoms with Gasteiger partial charge in [-0.05, 0) is 19.1 Å². The molecule has 0 aliphatic rings. The number of rotatable bonds is 4. The summed E-state index contributed by atoms with van der Waals surface area (Å²) in [6.07, 6.45) is 4.54. The summed E-state index contributed by atoms with van der Waals surface area (Å²) in [4.78, 5) is 23.6. The molecule has 0 spiro atoms. The Hall–Kier alpha value is -2.68. The van der Waals surface area contributed by atoms with Crippen LogP contribution in [-0.4, -0.2) is 27.1 Å². The summed E-state index contributed by atoms with van der Waals surface area (Å²) < 4.78 is 6.05. The van der Waals surface area contributed by atoms with Gasteiger partial charge in [-0.2, -0.15) is 0 Å². The summed E-state index contributed by atoms with van der Waals surface area (Å²) in [5.74, 6) is 1.82. The van der Waals surface area contributed by atoms with Crippen LogP contribution in [0.5, 0.6) is 0 Å². The Balaban J connectivity index is 2.11. The van der Waals surface area contributed by atoms with E-state index in [1.165, 1.54) is 0 Å². The van der Waals surface area contributed by atoms with Crippen LogP contribution >= 0.6 is 0 Å². The van der Waals surface area contributed by atoms with E-state index in [0.29, 0.717) is 10.9 Å². The molecule has 0 aliphatic carbocycles. The number of carbonyl (C=O) groups excluding carboxylic acids is 1. The first kappa shape index (κ1) is 13.7. The van der Waals surface area contributed by atoms with Crippen LogP contribution in [0.3, 0.4) is 0 Å². The van der Waals surface area contributed by atoms with Crippen molar-refractivity contribution in [3.63, 3.8) is 0 Å². The van der Waals surface area contributed by atoms with Crippen molar-refractivity contribution in [3.8, 4) is 12.3 Å². The molecule has 0 aliphatic heterocycles. The summed E-state index contributed by atoms with van der Waals surface area (Å²) in [7, 11) is 0. The second kappa shape index (κ2) is 5.97. The second-order valence-corrected chi connectivity index (χ2v) is 4.18. The third kappa shape index (κ3) is 3.01. The minimum absolute atomic E-state index is 0.0128. The van der Waals surface area contributed by atoms with Gasteiger partial charge in [0.05, 0.1) is 18.4 Å². The van der Waals surface area contributed by atoms with Gasteiger partial charge in [0.2, 0.25) is 0 Å². The zero-order valence-corrected chi connectivity index (χ0v) is 10.9. The highest BCUT2D eigenvalue weighted by molar-refractivity contribution is 5.76. The van der Waals surface area contributed by atoms with Gasteiger partial charge >= 0.3 is 5.97 Å². The minimum atomic E-state index is -0.582. The Morgan fingerprint density at radius 2 is 2.25 bits per heavy atom. The largest absolute Gasteiger partial charge is 0.449 e. The molecule has 1 aromatic heterocycles. The maximum absolute atomic E-state index is 12.1. The van der Waals surface area contributed by atoms with Crippen LogP contribution in [0.1, 0.15) is 13.3 Å². The third-order valence-corrected chi connectivity index (χ3v) is 2.70. The summed E-state index contributed by atoms with van der Waals surface area (Å²) in [5.41, 5.74) is 0.241. The minimum Gasteiger partial charge on any atom is -0.449 e. The molecule has 0 saturated heterocycles. The fraction of sp³-hybridized carbons (Fsp3) is 0.286. The summed E-state index contributed by atoms with van der Waals surface area (Å²) in [6.45, 7) is 1.70. The van der Waals surface area contributed by atoms with E-state index in [1.54, 1.807) is 31.2 Å². The van der Waals surface area contributed by atoms with Gasteiger partial charge in [-0.3, -0.25) is 9.59 Å². The molecule has 0 unspecified atom stereocenters. The Bertz CT molecular complexity index is 730. The van der Waals surface area contributed by atoms with Crippen LogP contribution in [0.2, 0.25) is 0 Å². The fourth-order valence-corrected chi connectivity index (χ4v) is 1.66. The molecule has 0 radical (unpaired) electrons. The van der Waals surface area contributed by atoms with Crippen molar-refractivity contribution in [3.05, 3.63) is 34.6 Å². The van der Waals surface area contributed by atoms with Gasteiger partial charge in [-0.15, -0.1) is 11.5 Å². The highest BCUT2D eigenvalue weighted by Crippen LogP contribution is 2.03. The van der Waals surface area contributed by atoms with Crippen LogP contribution in [0.4, 0.5) is 0 Å². The van der Waals surface area contributed by atoms with Gasteiger partial charge in [0.1, 0.15) is 5.52 Å². The predicted octanol–water partition coefficient (Wildman–Crippen LogP) is 0.747. The predicted molar refractivity (Wildman–Crippen MR) is 72.8 cm³/mol. The van der Waals surface area contributed by atoms with Gasteiger partial charge in [0, 0.05) is 0 Å². The lowest BCUT2D eigenvalue weighted by atomic mass is 10.2. The van der Waals surface area contributed by atoms with Gasteiger partial charge in [0.25, 0.3) is 5.56 Å². The number of hydrogen-bond acceptors (Lipinski definition) is 5. The SMILES string of the molecule is C#C[C@@H](C)OC(=O)CCn1nnc2ccccc2c1=O. The van der Waals surface area contributed by atoms with Crippen molar-refractivity contribution < 1.29 is 9.53 Å². The molecule has 0 bridgehead atoms. The van der Waals surface area contributed by atoms with Crippen LogP contribution in [0.25, 0.3) is 10.9 Å². The number of benzene rings is 1. The summed E-state index contributed by atoms with van der Waals surface area (Å²) in [5, 5.41) is 8.17. The molecule has 0 N–H and O–H groups in total. The lowest BCUT2D eigenvalue weighted by Gasteiger charge is -2.07. The van der Waals surface area contributed by atoms with E-state index >= 15 is 0 Å². The standard InChI is InChI=1S/C14H13N3O3/c1-3-10(2)20-13(18)8-9-17-14(19)11-6-4-5-7-12(11)15-16-17/h1,4-7,10H,8-9H2,2H3/t10-/m1/s1. The van der Waals surface area contributed by atoms with E-state index in [0.717, 1.165) is 4.68 Å². The summed E-state index contributed by atoms with van der Waals surface area (Å²) in [6, 6.07) is 6.90. The number of hydrogen-bond donors (Lipinski definition) is 0. The average Bonchev–Trinajstić information content (AvgIpc) is 2.46. The molecule has 0 fully saturated rings. The van der Waals surface area contributed by atoms with E-state index in [9.17, 15) is 9.59 Å². The fourth-order valence-electron chi connectivity index (χ4n) is 1.66. The van der Waals surface area contributed by atoms with E-state index in [2.05, 4.69) is 16.2 Å². The Morgan fingerprint density at radius 1 is 1.50 bits per heavy atom. The molecule has 6 nitrogen and oxygen atoms in total. The molecular weight excluding hydrogens is 258 g/mol. The van der Waals surface area contributed by atoms with Crippen LogP contribution in [-0.2, 0) is 16.1 Å². The number of nitrogens with zero attached hydrogens (tertiary/aromatic N) is 3. The number of fused-ring (bicyclic) bond motifs is 1. The van der Waals surface area contributed by atoms with Crippen molar-refractivity contribution in [2.45, 2.75) is 26.0 Å². The average molecular weight is 271 g/mol. The molecule has 2 rings (SSSR count). The van der Waals surface area contributed by atoms with Crippen LogP contribution in [0.15, 0.2) is 29.1 Å². The number of aromatic nitrogens is 3. The lowest BCUT2D eigenvalue weighted by molar-refractivity contribution is -0.146. The lowest BCUT2D eigenvalue weighted by Crippen LogP contribution is -2.26. The van der Waals surface area contributed by atoms with E-state index in [4.69, 9.17) is 11.2 Å². The topological polar surface area (TPSA) is 74.1 Å². The first-order valence-electron chi connectivity index (χ1n) is 6.10. The van der Waals surface area contributed by atoms with E-state index < -0.39 is 12.1 Å². The quantitative estimate of drug-likeness (QED) is 0.606. The summed E-state index contributed by atoms with van der Waals surface area (Å²) >= 11 is 0. The van der Waals surface area contributed by atoms with Crippen LogP contribution in [0, 0.1) is 12.3 Å². The molecule has 2 aromatic rings. The van der Waals surface area contributed by atoms with Gasteiger partial charge in [-0.25, -0.2) is 4.68 Å². The molecule has 6 heteroatoms. The van der Waals surface area contributed by atoms with Gasteiger partial charge in [-0.1, -0.05) is 23.3 Å². The molecule has 0 saturated carbocycles. The maximum Gasteiger partial charge on any atom is 0.308 e. The second-order valence-electron chi connectivity index (χ2n) is 4.18. The maximum atomic E-state index is 12.1. The molecule has 20 heavy (non-hydrogen) atoms. The highest BCUT2D eigenvalue weighted by Gasteiger charge is 2.10. The van der Waals surface area contributed by atoms with Gasteiger partial charge in [0.15, 0.2) is 6.10 Å². The van der Waals surface area contributed by atoms with Crippen molar-refractivity contribution >= 4 is 16.9 Å². The van der Waals surface area contributed by atoms with Crippen molar-refractivity contribution in [2.24, 2.45) is 0 Å². The highest BCUT2D eigenvalue weighted by atomic mass is 16.5. The number of ether oxygens (including phenoxy) is 1. The Kier molecular flexibility index (Phi) is 4.11. The van der Waals surface area contributed by atoms with Crippen molar-refractivity contribution in [1.82, 2.24) is 15.0 Å². The third-order valence-electron chi connectivity index (χ3n) is 2.70. The molecule has 102 valence electrons. The molecule has 1 heterocycles. The van der Waals surface area contributed by atoms with E-state index in [-0.39, 0.29) is 18.5 Å². The Labute approximate surface area is 115 Å². The van der Waals surface area contributed by atoms with Crippen LogP contribution < -0.4 is 5.56 Å². The van der Waals surface area contributed by atoms with Crippen molar-refractivity contribution in [1.29, 1.82) is 0 Å². The molecule has 1 atom stereocenters. The molecular formula is C14H13N3O3. The number of carbonyl (C=O) groups is 1. The first-order valence-corrected chi connectivity index (χ1v) is 6.10. The first-order chi connectivity index (χ1) is 9.61. The Morgan fingerprint density at radius 3 is 3.00 bits per heavy atom. The van der Waals surface area contributed by atoms with Crippen molar-refractivity contribution in [2.75, 3.05) is 0 Å². The molecule has 1 aromatic carbocycles. The monoisotopic (exact) mass is 271 g/mol. The number of esters is 1. The zero-order valence-electron chi connectivity index (χ0n) is 10.9. The van der Waals surface area contributed by atoms with Gasteiger partial charge < -0.3 is 4.74 Å². The smallest absolute Gasteiger partial charge is 0.308 e.